The van der Waals surface area contributed by atoms with Crippen molar-refractivity contribution in [3.8, 4) is 0 Å². The second kappa shape index (κ2) is 4.01. The maximum atomic E-state index is 10.8. The molecule has 0 aliphatic heterocycles. The minimum atomic E-state index is -0.728. The third kappa shape index (κ3) is 2.05. The Hall–Kier alpha value is -0.410. The van der Waals surface area contributed by atoms with Crippen molar-refractivity contribution in [3.05, 3.63) is 0 Å². The number of hydrogen-bond acceptors (Lipinski definition) is 3. The summed E-state index contributed by atoms with van der Waals surface area (Å²) in [6.07, 6.45) is 4.52. The molecular formula is C9H16O3. The third-order valence-electron chi connectivity index (χ3n) is 2.70. The van der Waals surface area contributed by atoms with Crippen LogP contribution in [0.4, 0.5) is 0 Å². The van der Waals surface area contributed by atoms with Crippen molar-refractivity contribution in [2.45, 2.75) is 38.2 Å². The lowest BCUT2D eigenvalue weighted by atomic mass is 9.82. The minimum absolute atomic E-state index is 0.240. The Morgan fingerprint density at radius 2 is 2.00 bits per heavy atom. The first-order chi connectivity index (χ1) is 5.72. The Bertz CT molecular complexity index is 150. The lowest BCUT2D eigenvalue weighted by Gasteiger charge is -2.23. The van der Waals surface area contributed by atoms with E-state index < -0.39 is 6.10 Å². The number of carbonyl (C=O) groups is 1. The average Bonchev–Trinajstić information content (AvgIpc) is 2.54. The zero-order chi connectivity index (χ0) is 9.03. The monoisotopic (exact) mass is 172 g/mol. The average molecular weight is 172 g/mol. The first-order valence-electron chi connectivity index (χ1n) is 4.48. The fraction of sp³-hybridized carbons (Fsp3) is 0.889. The standard InChI is InChI=1S/C9H16O3/c10-6-8(12)5-9(7-11)3-1-2-4-9/h7-8,10,12H,1-6H2. The predicted molar refractivity (Wildman–Crippen MR) is 44.7 cm³/mol. The summed E-state index contributed by atoms with van der Waals surface area (Å²) in [7, 11) is 0. The molecule has 2 N–H and O–H groups in total. The van der Waals surface area contributed by atoms with E-state index in [1.165, 1.54) is 0 Å². The van der Waals surface area contributed by atoms with Crippen LogP contribution in [0.1, 0.15) is 32.1 Å². The Labute approximate surface area is 72.4 Å². The van der Waals surface area contributed by atoms with Gasteiger partial charge in [-0.1, -0.05) is 12.8 Å². The molecule has 1 unspecified atom stereocenters. The van der Waals surface area contributed by atoms with E-state index in [0.29, 0.717) is 6.42 Å². The smallest absolute Gasteiger partial charge is 0.126 e. The summed E-state index contributed by atoms with van der Waals surface area (Å²) in [6, 6.07) is 0. The summed E-state index contributed by atoms with van der Waals surface area (Å²) in [4.78, 5) is 10.8. The van der Waals surface area contributed by atoms with E-state index >= 15 is 0 Å². The van der Waals surface area contributed by atoms with Crippen LogP contribution in [0.25, 0.3) is 0 Å². The molecule has 1 aliphatic rings. The van der Waals surface area contributed by atoms with Crippen molar-refractivity contribution >= 4 is 6.29 Å². The van der Waals surface area contributed by atoms with Crippen molar-refractivity contribution in [2.75, 3.05) is 6.61 Å². The van der Waals surface area contributed by atoms with Gasteiger partial charge in [0.05, 0.1) is 12.7 Å². The highest BCUT2D eigenvalue weighted by Crippen LogP contribution is 2.39. The van der Waals surface area contributed by atoms with Gasteiger partial charge >= 0.3 is 0 Å². The van der Waals surface area contributed by atoms with E-state index in [2.05, 4.69) is 0 Å². The van der Waals surface area contributed by atoms with Gasteiger partial charge in [-0.15, -0.1) is 0 Å². The second-order valence-electron chi connectivity index (χ2n) is 3.73. The summed E-state index contributed by atoms with van der Waals surface area (Å²) in [5.74, 6) is 0. The molecule has 0 aromatic carbocycles. The van der Waals surface area contributed by atoms with Gasteiger partial charge in [0.25, 0.3) is 0 Å². The molecule has 1 atom stereocenters. The van der Waals surface area contributed by atoms with Crippen LogP contribution < -0.4 is 0 Å². The normalized spacial score (nSPS) is 23.8. The molecule has 0 aromatic rings. The summed E-state index contributed by atoms with van der Waals surface area (Å²) in [6.45, 7) is -0.240. The number of rotatable bonds is 4. The molecule has 70 valence electrons. The molecule has 0 spiro atoms. The van der Waals surface area contributed by atoms with Gasteiger partial charge in [0, 0.05) is 5.41 Å². The highest BCUT2D eigenvalue weighted by Gasteiger charge is 2.35. The zero-order valence-corrected chi connectivity index (χ0v) is 7.20. The minimum Gasteiger partial charge on any atom is -0.394 e. The van der Waals surface area contributed by atoms with Crippen LogP contribution >= 0.6 is 0 Å². The first kappa shape index (κ1) is 9.68. The summed E-state index contributed by atoms with van der Waals surface area (Å²) in [5, 5.41) is 17.8. The van der Waals surface area contributed by atoms with E-state index in [0.717, 1.165) is 32.0 Å². The Kier molecular flexibility index (Phi) is 3.23. The van der Waals surface area contributed by atoms with Crippen LogP contribution in [0.3, 0.4) is 0 Å². The van der Waals surface area contributed by atoms with Crippen LogP contribution in [0.2, 0.25) is 0 Å². The molecule has 1 fully saturated rings. The molecule has 0 aromatic heterocycles. The summed E-state index contributed by atoms with van der Waals surface area (Å²) >= 11 is 0. The zero-order valence-electron chi connectivity index (χ0n) is 7.20. The number of aliphatic hydroxyl groups is 2. The van der Waals surface area contributed by atoms with Gasteiger partial charge in [-0.25, -0.2) is 0 Å². The summed E-state index contributed by atoms with van der Waals surface area (Å²) in [5.41, 5.74) is -0.331. The topological polar surface area (TPSA) is 57.5 Å². The molecule has 0 bridgehead atoms. The SMILES string of the molecule is O=CC1(CC(O)CO)CCCC1. The molecule has 1 saturated carbocycles. The number of aliphatic hydroxyl groups excluding tert-OH is 2. The molecular weight excluding hydrogens is 156 g/mol. The molecule has 0 amide bonds. The van der Waals surface area contributed by atoms with Crippen molar-refractivity contribution in [1.29, 1.82) is 0 Å². The van der Waals surface area contributed by atoms with Gasteiger partial charge in [-0.3, -0.25) is 0 Å². The lowest BCUT2D eigenvalue weighted by Crippen LogP contribution is -2.27. The number of hydrogen-bond donors (Lipinski definition) is 2. The van der Waals surface area contributed by atoms with E-state index in [-0.39, 0.29) is 12.0 Å². The Balaban J connectivity index is 2.49. The van der Waals surface area contributed by atoms with Gasteiger partial charge in [-0.05, 0) is 19.3 Å². The Morgan fingerprint density at radius 1 is 1.42 bits per heavy atom. The molecule has 12 heavy (non-hydrogen) atoms. The quantitative estimate of drug-likeness (QED) is 0.607. The maximum absolute atomic E-state index is 10.8. The predicted octanol–water partition coefficient (Wildman–Crippen LogP) is 0.489. The molecule has 1 aliphatic carbocycles. The van der Waals surface area contributed by atoms with E-state index in [1.807, 2.05) is 0 Å². The van der Waals surface area contributed by atoms with Crippen LogP contribution in [0.5, 0.6) is 0 Å². The third-order valence-corrected chi connectivity index (χ3v) is 2.70. The van der Waals surface area contributed by atoms with Crippen molar-refractivity contribution in [2.24, 2.45) is 5.41 Å². The molecule has 3 nitrogen and oxygen atoms in total. The molecule has 0 saturated heterocycles. The van der Waals surface area contributed by atoms with Gasteiger partial charge in [-0.2, -0.15) is 0 Å². The molecule has 3 heteroatoms. The largest absolute Gasteiger partial charge is 0.394 e. The van der Waals surface area contributed by atoms with Crippen molar-refractivity contribution < 1.29 is 15.0 Å². The van der Waals surface area contributed by atoms with Crippen molar-refractivity contribution in [3.63, 3.8) is 0 Å². The fourth-order valence-electron chi connectivity index (χ4n) is 1.98. The van der Waals surface area contributed by atoms with E-state index in [9.17, 15) is 9.90 Å². The van der Waals surface area contributed by atoms with Crippen LogP contribution in [-0.2, 0) is 4.79 Å². The molecule has 1 rings (SSSR count). The van der Waals surface area contributed by atoms with Crippen molar-refractivity contribution in [1.82, 2.24) is 0 Å². The fourth-order valence-corrected chi connectivity index (χ4v) is 1.98. The van der Waals surface area contributed by atoms with Crippen LogP contribution in [0.15, 0.2) is 0 Å². The Morgan fingerprint density at radius 3 is 2.42 bits per heavy atom. The van der Waals surface area contributed by atoms with E-state index in [1.54, 1.807) is 0 Å². The van der Waals surface area contributed by atoms with Gasteiger partial charge in [0.2, 0.25) is 0 Å². The highest BCUT2D eigenvalue weighted by molar-refractivity contribution is 5.59. The van der Waals surface area contributed by atoms with Gasteiger partial charge < -0.3 is 15.0 Å². The van der Waals surface area contributed by atoms with Crippen LogP contribution in [0, 0.1) is 5.41 Å². The number of carbonyl (C=O) groups excluding carboxylic acids is 1. The molecule has 0 radical (unpaired) electrons. The highest BCUT2D eigenvalue weighted by atomic mass is 16.3. The number of aldehydes is 1. The molecule has 0 heterocycles. The first-order valence-corrected chi connectivity index (χ1v) is 4.48. The second-order valence-corrected chi connectivity index (χ2v) is 3.73. The van der Waals surface area contributed by atoms with Gasteiger partial charge in [0.15, 0.2) is 0 Å². The maximum Gasteiger partial charge on any atom is 0.126 e. The van der Waals surface area contributed by atoms with Crippen LogP contribution in [-0.4, -0.2) is 29.2 Å². The lowest BCUT2D eigenvalue weighted by molar-refractivity contribution is -0.118. The summed E-state index contributed by atoms with van der Waals surface area (Å²) < 4.78 is 0. The van der Waals surface area contributed by atoms with E-state index in [4.69, 9.17) is 5.11 Å². The van der Waals surface area contributed by atoms with Gasteiger partial charge in [0.1, 0.15) is 6.29 Å².